The van der Waals surface area contributed by atoms with E-state index in [2.05, 4.69) is 11.1 Å². The van der Waals surface area contributed by atoms with Crippen molar-refractivity contribution in [3.63, 3.8) is 0 Å². The lowest BCUT2D eigenvalue weighted by Crippen LogP contribution is -2.31. The lowest BCUT2D eigenvalue weighted by atomic mass is 9.99. The largest absolute Gasteiger partial charge is 0.487 e. The number of rotatable bonds is 7. The van der Waals surface area contributed by atoms with E-state index in [1.54, 1.807) is 17.0 Å². The predicted octanol–water partition coefficient (Wildman–Crippen LogP) is 6.88. The van der Waals surface area contributed by atoms with Crippen LogP contribution in [-0.2, 0) is 11.4 Å². The van der Waals surface area contributed by atoms with Gasteiger partial charge >= 0.3 is 0 Å². The van der Waals surface area contributed by atoms with Crippen LogP contribution in [0.25, 0.3) is 22.6 Å². The molecule has 2 heterocycles. The zero-order valence-corrected chi connectivity index (χ0v) is 20.1. The molecule has 1 aliphatic heterocycles. The molecular weight excluding hydrogens is 451 g/mol. The van der Waals surface area contributed by atoms with Crippen LogP contribution in [0, 0.1) is 11.7 Å². The van der Waals surface area contributed by atoms with E-state index >= 15 is 0 Å². The average Bonchev–Trinajstić information content (AvgIpc) is 2.90. The molecule has 5 rings (SSSR count). The molecular formula is C31H27FN2O2. The lowest BCUT2D eigenvalue weighted by molar-refractivity contribution is -0.129. The van der Waals surface area contributed by atoms with Crippen LogP contribution in [0.5, 0.6) is 5.75 Å². The van der Waals surface area contributed by atoms with Crippen LogP contribution in [0.15, 0.2) is 97.2 Å². The van der Waals surface area contributed by atoms with Gasteiger partial charge in [-0.2, -0.15) is 0 Å². The van der Waals surface area contributed by atoms with Crippen molar-refractivity contribution in [2.24, 2.45) is 5.92 Å². The van der Waals surface area contributed by atoms with Gasteiger partial charge < -0.3 is 9.64 Å². The first-order valence-electron chi connectivity index (χ1n) is 12.1. The van der Waals surface area contributed by atoms with Gasteiger partial charge in [-0.05, 0) is 65.1 Å². The molecule has 5 heteroatoms. The van der Waals surface area contributed by atoms with Gasteiger partial charge in [-0.15, -0.1) is 0 Å². The molecule has 0 fully saturated rings. The number of hydrogen-bond acceptors (Lipinski definition) is 3. The minimum absolute atomic E-state index is 0.0952. The Kier molecular flexibility index (Phi) is 6.89. The molecule has 1 aliphatic rings. The summed E-state index contributed by atoms with van der Waals surface area (Å²) in [5.74, 6) is 0.793. The molecule has 4 nitrogen and oxygen atoms in total. The van der Waals surface area contributed by atoms with Gasteiger partial charge in [0.05, 0.1) is 17.8 Å². The van der Waals surface area contributed by atoms with E-state index in [-0.39, 0.29) is 17.6 Å². The number of carbonyl (C=O) groups excluding carboxylic acids is 1. The van der Waals surface area contributed by atoms with Crippen molar-refractivity contribution in [3.8, 4) is 5.75 Å². The number of ether oxygens (including phenoxy) is 1. The third kappa shape index (κ3) is 5.69. The van der Waals surface area contributed by atoms with Crippen molar-refractivity contribution < 1.29 is 13.9 Å². The highest BCUT2D eigenvalue weighted by molar-refractivity contribution is 5.87. The summed E-state index contributed by atoms with van der Waals surface area (Å²) < 4.78 is 19.4. The van der Waals surface area contributed by atoms with E-state index in [9.17, 15) is 9.18 Å². The molecule has 0 radical (unpaired) electrons. The topological polar surface area (TPSA) is 42.4 Å². The number of amides is 1. The van der Waals surface area contributed by atoms with Gasteiger partial charge in [0.15, 0.2) is 0 Å². The summed E-state index contributed by atoms with van der Waals surface area (Å²) in [6, 6.07) is 26.2. The molecule has 4 aromatic rings. The van der Waals surface area contributed by atoms with E-state index in [0.717, 1.165) is 39.0 Å². The fraction of sp³-hybridized carbons (Fsp3) is 0.161. The Balaban J connectivity index is 1.34. The second-order valence-electron chi connectivity index (χ2n) is 9.07. The number of halogens is 1. The Morgan fingerprint density at radius 1 is 1.03 bits per heavy atom. The molecule has 1 unspecified atom stereocenters. The van der Waals surface area contributed by atoms with Crippen molar-refractivity contribution in [3.05, 3.63) is 120 Å². The van der Waals surface area contributed by atoms with Gasteiger partial charge in [0.1, 0.15) is 18.2 Å². The highest BCUT2D eigenvalue weighted by Crippen LogP contribution is 2.25. The SMILES string of the molecule is CC1C=CN(CC(=Cc2ccc(F)cc2)c2ccc(OCc3ccc4ccccc4n3)cc2)C(=O)C1. The molecule has 0 saturated carbocycles. The number of aromatic nitrogens is 1. The number of nitrogens with zero attached hydrogens (tertiary/aromatic N) is 2. The summed E-state index contributed by atoms with van der Waals surface area (Å²) in [6.45, 7) is 2.83. The zero-order chi connectivity index (χ0) is 24.9. The lowest BCUT2D eigenvalue weighted by Gasteiger charge is -2.25. The van der Waals surface area contributed by atoms with E-state index in [0.29, 0.717) is 19.6 Å². The number of benzene rings is 3. The summed E-state index contributed by atoms with van der Waals surface area (Å²) >= 11 is 0. The van der Waals surface area contributed by atoms with Crippen LogP contribution in [-0.4, -0.2) is 22.3 Å². The Morgan fingerprint density at radius 3 is 2.58 bits per heavy atom. The molecule has 0 aliphatic carbocycles. The Bertz CT molecular complexity index is 1430. The smallest absolute Gasteiger partial charge is 0.227 e. The van der Waals surface area contributed by atoms with Gasteiger partial charge in [0, 0.05) is 18.0 Å². The van der Waals surface area contributed by atoms with Crippen LogP contribution in [0.3, 0.4) is 0 Å². The zero-order valence-electron chi connectivity index (χ0n) is 20.1. The number of hydrogen-bond donors (Lipinski definition) is 0. The molecule has 1 aromatic heterocycles. The molecule has 1 amide bonds. The molecule has 0 bridgehead atoms. The van der Waals surface area contributed by atoms with Crippen molar-refractivity contribution in [1.82, 2.24) is 9.88 Å². The van der Waals surface area contributed by atoms with Crippen LogP contribution in [0.1, 0.15) is 30.2 Å². The van der Waals surface area contributed by atoms with Crippen LogP contribution in [0.2, 0.25) is 0 Å². The van der Waals surface area contributed by atoms with E-state index < -0.39 is 0 Å². The molecule has 1 atom stereocenters. The third-order valence-corrected chi connectivity index (χ3v) is 6.23. The molecule has 3 aromatic carbocycles. The first kappa shape index (κ1) is 23.5. The number of fused-ring (bicyclic) bond motifs is 1. The third-order valence-electron chi connectivity index (χ3n) is 6.23. The normalized spacial score (nSPS) is 15.9. The van der Waals surface area contributed by atoms with E-state index in [1.807, 2.05) is 79.9 Å². The second-order valence-corrected chi connectivity index (χ2v) is 9.07. The fourth-order valence-corrected chi connectivity index (χ4v) is 4.21. The summed E-state index contributed by atoms with van der Waals surface area (Å²) in [4.78, 5) is 19.0. The van der Waals surface area contributed by atoms with Crippen molar-refractivity contribution in [2.45, 2.75) is 20.0 Å². The number of allylic oxidation sites excluding steroid dienone is 1. The number of pyridine rings is 1. The quantitative estimate of drug-likeness (QED) is 0.272. The fourth-order valence-electron chi connectivity index (χ4n) is 4.21. The maximum atomic E-state index is 13.4. The first-order chi connectivity index (χ1) is 17.5. The summed E-state index contributed by atoms with van der Waals surface area (Å²) in [6.07, 6.45) is 6.40. The highest BCUT2D eigenvalue weighted by atomic mass is 19.1. The van der Waals surface area contributed by atoms with Crippen LogP contribution >= 0.6 is 0 Å². The van der Waals surface area contributed by atoms with Crippen LogP contribution < -0.4 is 4.74 Å². The van der Waals surface area contributed by atoms with Crippen molar-refractivity contribution in [1.29, 1.82) is 0 Å². The maximum Gasteiger partial charge on any atom is 0.227 e. The average molecular weight is 479 g/mol. The first-order valence-corrected chi connectivity index (χ1v) is 12.1. The van der Waals surface area contributed by atoms with Crippen LogP contribution in [0.4, 0.5) is 4.39 Å². The van der Waals surface area contributed by atoms with Crippen molar-refractivity contribution in [2.75, 3.05) is 6.54 Å². The van der Waals surface area contributed by atoms with Gasteiger partial charge in [-0.3, -0.25) is 4.79 Å². The van der Waals surface area contributed by atoms with Gasteiger partial charge in [-0.1, -0.05) is 61.5 Å². The second kappa shape index (κ2) is 10.6. The monoisotopic (exact) mass is 478 g/mol. The van der Waals surface area contributed by atoms with Gasteiger partial charge in [0.25, 0.3) is 0 Å². The highest BCUT2D eigenvalue weighted by Gasteiger charge is 2.20. The number of carbonyl (C=O) groups is 1. The molecule has 180 valence electrons. The molecule has 0 N–H and O–H groups in total. The summed E-state index contributed by atoms with van der Waals surface area (Å²) in [5.41, 5.74) is 4.60. The minimum atomic E-state index is -0.278. The van der Waals surface area contributed by atoms with Gasteiger partial charge in [0.2, 0.25) is 5.91 Å². The Hall–Kier alpha value is -4.25. The maximum absolute atomic E-state index is 13.4. The Labute approximate surface area is 210 Å². The summed E-state index contributed by atoms with van der Waals surface area (Å²) in [7, 11) is 0. The number of para-hydroxylation sites is 1. The summed E-state index contributed by atoms with van der Waals surface area (Å²) in [5, 5.41) is 1.10. The molecule has 36 heavy (non-hydrogen) atoms. The van der Waals surface area contributed by atoms with Crippen molar-refractivity contribution >= 4 is 28.5 Å². The van der Waals surface area contributed by atoms with E-state index in [1.165, 1.54) is 12.1 Å². The molecule has 0 spiro atoms. The molecule has 0 saturated heterocycles. The van der Waals surface area contributed by atoms with Gasteiger partial charge in [-0.25, -0.2) is 9.37 Å². The Morgan fingerprint density at radius 2 is 1.81 bits per heavy atom. The minimum Gasteiger partial charge on any atom is -0.487 e. The predicted molar refractivity (Wildman–Crippen MR) is 141 cm³/mol. The van der Waals surface area contributed by atoms with E-state index in [4.69, 9.17) is 4.74 Å². The standard InChI is InChI=1S/C31H27FN2O2/c1-22-16-17-34(31(35)18-22)20-26(19-23-6-11-27(32)12-7-23)24-9-14-29(15-10-24)36-21-28-13-8-25-4-2-3-5-30(25)33-28/h2-17,19,22H,18,20-21H2,1H3.